The molecule has 1 saturated heterocycles. The van der Waals surface area contributed by atoms with Crippen LogP contribution in [0.3, 0.4) is 0 Å². The van der Waals surface area contributed by atoms with E-state index in [1.165, 1.54) is 0 Å². The van der Waals surface area contributed by atoms with E-state index >= 15 is 0 Å². The van der Waals surface area contributed by atoms with E-state index < -0.39 is 18.5 Å². The first-order chi connectivity index (χ1) is 15.1. The highest BCUT2D eigenvalue weighted by atomic mass is 79.9. The number of benzene rings is 2. The molecule has 0 radical (unpaired) electrons. The summed E-state index contributed by atoms with van der Waals surface area (Å²) >= 11 is 3.38. The predicted molar refractivity (Wildman–Crippen MR) is 115 cm³/mol. The summed E-state index contributed by atoms with van der Waals surface area (Å²) in [5, 5.41) is 2.69. The van der Waals surface area contributed by atoms with Crippen molar-refractivity contribution in [3.63, 3.8) is 0 Å². The summed E-state index contributed by atoms with van der Waals surface area (Å²) < 4.78 is 27.9. The van der Waals surface area contributed by atoms with Crippen LogP contribution in [0.25, 0.3) is 0 Å². The van der Waals surface area contributed by atoms with Gasteiger partial charge in [-0.3, -0.25) is 4.79 Å². The summed E-state index contributed by atoms with van der Waals surface area (Å²) in [4.78, 5) is 24.5. The fraction of sp³-hybridized carbons (Fsp3) is 0.364. The fourth-order valence-corrected chi connectivity index (χ4v) is 3.63. The van der Waals surface area contributed by atoms with Crippen molar-refractivity contribution in [3.8, 4) is 17.2 Å². The van der Waals surface area contributed by atoms with Crippen LogP contribution in [0, 0.1) is 0 Å². The number of rotatable bonds is 7. The standard InChI is InChI=1S/C22H22BrNO7/c23-17-10-19-20(29-9-8-28-19)11-18(17)24-21(25)13-31-22(26)14-3-5-15(6-4-14)30-12-16-2-1-7-27-16/h3-6,10-11,16H,1-2,7-9,12-13H2,(H,24,25). The zero-order chi connectivity index (χ0) is 21.6. The average Bonchev–Trinajstić information content (AvgIpc) is 3.31. The minimum atomic E-state index is -0.595. The van der Waals surface area contributed by atoms with Crippen LogP contribution in [0.1, 0.15) is 23.2 Å². The molecule has 0 aliphatic carbocycles. The largest absolute Gasteiger partial charge is 0.491 e. The topological polar surface area (TPSA) is 92.3 Å². The van der Waals surface area contributed by atoms with Gasteiger partial charge in [0.15, 0.2) is 18.1 Å². The molecule has 4 rings (SSSR count). The molecule has 2 aliphatic heterocycles. The molecule has 2 heterocycles. The minimum Gasteiger partial charge on any atom is -0.491 e. The van der Waals surface area contributed by atoms with E-state index in [9.17, 15) is 9.59 Å². The monoisotopic (exact) mass is 491 g/mol. The number of hydrogen-bond acceptors (Lipinski definition) is 7. The van der Waals surface area contributed by atoms with Crippen LogP contribution in [0.15, 0.2) is 40.9 Å². The SMILES string of the molecule is O=C(COC(=O)c1ccc(OCC2CCCO2)cc1)Nc1cc2c(cc1Br)OCCO2. The van der Waals surface area contributed by atoms with Crippen molar-refractivity contribution in [2.24, 2.45) is 0 Å². The third-order valence-electron chi connectivity index (χ3n) is 4.79. The molecule has 2 aromatic rings. The summed E-state index contributed by atoms with van der Waals surface area (Å²) in [6, 6.07) is 9.97. The first kappa shape index (κ1) is 21.5. The highest BCUT2D eigenvalue weighted by molar-refractivity contribution is 9.10. The number of nitrogens with one attached hydrogen (secondary N) is 1. The lowest BCUT2D eigenvalue weighted by atomic mass is 10.2. The van der Waals surface area contributed by atoms with Crippen LogP contribution in [0.2, 0.25) is 0 Å². The lowest BCUT2D eigenvalue weighted by Gasteiger charge is -2.20. The van der Waals surface area contributed by atoms with E-state index in [0.717, 1.165) is 19.4 Å². The number of fused-ring (bicyclic) bond motifs is 1. The van der Waals surface area contributed by atoms with Crippen LogP contribution in [-0.2, 0) is 14.3 Å². The van der Waals surface area contributed by atoms with Gasteiger partial charge in [0.2, 0.25) is 0 Å². The van der Waals surface area contributed by atoms with Crippen molar-refractivity contribution in [1.82, 2.24) is 0 Å². The molecule has 1 atom stereocenters. The molecule has 1 unspecified atom stereocenters. The second-order valence-corrected chi connectivity index (χ2v) is 7.92. The Labute approximate surface area is 187 Å². The Morgan fingerprint density at radius 1 is 1.06 bits per heavy atom. The van der Waals surface area contributed by atoms with Gasteiger partial charge in [-0.15, -0.1) is 0 Å². The van der Waals surface area contributed by atoms with E-state index in [4.69, 9.17) is 23.7 Å². The molecule has 9 heteroatoms. The molecular formula is C22H22BrNO7. The Morgan fingerprint density at radius 3 is 2.52 bits per heavy atom. The molecule has 2 aromatic carbocycles. The summed E-state index contributed by atoms with van der Waals surface area (Å²) in [5.41, 5.74) is 0.829. The quantitative estimate of drug-likeness (QED) is 0.591. The van der Waals surface area contributed by atoms with Crippen LogP contribution in [0.5, 0.6) is 17.2 Å². The molecule has 0 spiro atoms. The summed E-state index contributed by atoms with van der Waals surface area (Å²) in [5.74, 6) is 0.729. The highest BCUT2D eigenvalue weighted by Crippen LogP contribution is 2.38. The van der Waals surface area contributed by atoms with Gasteiger partial charge in [0.05, 0.1) is 17.4 Å². The molecule has 0 aromatic heterocycles. The summed E-state index contributed by atoms with van der Waals surface area (Å²) in [6.45, 7) is 1.76. The summed E-state index contributed by atoms with van der Waals surface area (Å²) in [7, 11) is 0. The van der Waals surface area contributed by atoms with E-state index in [2.05, 4.69) is 21.2 Å². The van der Waals surface area contributed by atoms with Crippen LogP contribution >= 0.6 is 15.9 Å². The Hall–Kier alpha value is -2.78. The van der Waals surface area contributed by atoms with Crippen molar-refractivity contribution >= 4 is 33.5 Å². The molecule has 0 saturated carbocycles. The first-order valence-corrected chi connectivity index (χ1v) is 10.8. The zero-order valence-electron chi connectivity index (χ0n) is 16.7. The van der Waals surface area contributed by atoms with Gasteiger partial charge in [-0.1, -0.05) is 0 Å². The highest BCUT2D eigenvalue weighted by Gasteiger charge is 2.18. The van der Waals surface area contributed by atoms with Gasteiger partial charge < -0.3 is 29.0 Å². The third kappa shape index (κ3) is 5.68. The maximum atomic E-state index is 12.2. The molecular weight excluding hydrogens is 470 g/mol. The van der Waals surface area contributed by atoms with Gasteiger partial charge in [-0.25, -0.2) is 4.79 Å². The smallest absolute Gasteiger partial charge is 0.338 e. The van der Waals surface area contributed by atoms with E-state index in [-0.39, 0.29) is 6.10 Å². The van der Waals surface area contributed by atoms with E-state index in [1.807, 2.05) is 0 Å². The van der Waals surface area contributed by atoms with Crippen LogP contribution in [0.4, 0.5) is 5.69 Å². The normalized spacial score (nSPS) is 17.1. The number of hydrogen-bond donors (Lipinski definition) is 1. The zero-order valence-corrected chi connectivity index (χ0v) is 18.3. The Bertz CT molecular complexity index is 942. The maximum absolute atomic E-state index is 12.2. The van der Waals surface area contributed by atoms with Crippen molar-refractivity contribution in [2.75, 3.05) is 38.4 Å². The van der Waals surface area contributed by atoms with Gasteiger partial charge in [-0.05, 0) is 53.0 Å². The lowest BCUT2D eigenvalue weighted by Crippen LogP contribution is -2.21. The average molecular weight is 492 g/mol. The van der Waals surface area contributed by atoms with E-state index in [1.54, 1.807) is 36.4 Å². The van der Waals surface area contributed by atoms with E-state index in [0.29, 0.717) is 52.8 Å². The van der Waals surface area contributed by atoms with Crippen LogP contribution < -0.4 is 19.5 Å². The number of amides is 1. The second kappa shape index (κ2) is 10.0. The van der Waals surface area contributed by atoms with Crippen LogP contribution in [-0.4, -0.2) is 51.0 Å². The molecule has 164 valence electrons. The van der Waals surface area contributed by atoms with Gasteiger partial charge in [0.1, 0.15) is 25.6 Å². The number of ether oxygens (including phenoxy) is 5. The third-order valence-corrected chi connectivity index (χ3v) is 5.45. The molecule has 1 amide bonds. The fourth-order valence-electron chi connectivity index (χ4n) is 3.21. The molecule has 1 N–H and O–H groups in total. The first-order valence-electron chi connectivity index (χ1n) is 9.99. The molecule has 31 heavy (non-hydrogen) atoms. The number of esters is 1. The van der Waals surface area contributed by atoms with Crippen molar-refractivity contribution < 1.29 is 33.3 Å². The van der Waals surface area contributed by atoms with Crippen molar-refractivity contribution in [3.05, 3.63) is 46.4 Å². The number of carbonyl (C=O) groups is 2. The molecule has 0 bridgehead atoms. The van der Waals surface area contributed by atoms with Gasteiger partial charge in [0, 0.05) is 23.2 Å². The Balaban J connectivity index is 1.26. The number of carbonyl (C=O) groups excluding carboxylic acids is 2. The maximum Gasteiger partial charge on any atom is 0.338 e. The van der Waals surface area contributed by atoms with Gasteiger partial charge in [0.25, 0.3) is 5.91 Å². The Kier molecular flexibility index (Phi) is 6.93. The Morgan fingerprint density at radius 2 is 1.81 bits per heavy atom. The van der Waals surface area contributed by atoms with Gasteiger partial charge in [-0.2, -0.15) is 0 Å². The second-order valence-electron chi connectivity index (χ2n) is 7.07. The molecule has 8 nitrogen and oxygen atoms in total. The number of anilines is 1. The number of halogens is 1. The van der Waals surface area contributed by atoms with Crippen molar-refractivity contribution in [2.45, 2.75) is 18.9 Å². The van der Waals surface area contributed by atoms with Crippen molar-refractivity contribution in [1.29, 1.82) is 0 Å². The summed E-state index contributed by atoms with van der Waals surface area (Å²) in [6.07, 6.45) is 2.17. The lowest BCUT2D eigenvalue weighted by molar-refractivity contribution is -0.119. The molecule has 1 fully saturated rings. The minimum absolute atomic E-state index is 0.123. The van der Waals surface area contributed by atoms with Gasteiger partial charge >= 0.3 is 5.97 Å². The molecule has 2 aliphatic rings. The predicted octanol–water partition coefficient (Wildman–Crippen LogP) is 3.57.